The van der Waals surface area contributed by atoms with Crippen LogP contribution in [0.3, 0.4) is 0 Å². The van der Waals surface area contributed by atoms with Gasteiger partial charge < -0.3 is 1.43 Å². The molecule has 12 heavy (non-hydrogen) atoms. The fourth-order valence-electron chi connectivity index (χ4n) is 1.68. The van der Waals surface area contributed by atoms with Crippen molar-refractivity contribution in [2.24, 2.45) is 0 Å². The van der Waals surface area contributed by atoms with Crippen LogP contribution in [-0.2, 0) is 0 Å². The first kappa shape index (κ1) is 9.64. The summed E-state index contributed by atoms with van der Waals surface area (Å²) in [5.74, 6) is 0.672. The van der Waals surface area contributed by atoms with Crippen LogP contribution in [-0.4, -0.2) is 0 Å². The van der Waals surface area contributed by atoms with Crippen molar-refractivity contribution in [1.82, 2.24) is 0 Å². The number of rotatable bonds is 1. The number of hydrogen-bond donors (Lipinski definition) is 0. The van der Waals surface area contributed by atoms with Gasteiger partial charge in [0.2, 0.25) is 0 Å². The minimum absolute atomic E-state index is 0. The molecule has 1 aliphatic rings. The van der Waals surface area contributed by atoms with Crippen molar-refractivity contribution < 1.29 is 20.3 Å². The Labute approximate surface area is 87.3 Å². The molecule has 0 fully saturated rings. The molecule has 0 spiro atoms. The third-order valence-electron chi connectivity index (χ3n) is 2.34. The quantitative estimate of drug-likeness (QED) is 0.508. The minimum atomic E-state index is 0. The topological polar surface area (TPSA) is 0 Å². The first-order valence-electron chi connectivity index (χ1n) is 4.19. The van der Waals surface area contributed by atoms with E-state index in [0.717, 1.165) is 0 Å². The Morgan fingerprint density at radius 2 is 2.08 bits per heavy atom. The van der Waals surface area contributed by atoms with Crippen LogP contribution in [0.25, 0.3) is 6.08 Å². The third-order valence-corrected chi connectivity index (χ3v) is 2.34. The summed E-state index contributed by atoms with van der Waals surface area (Å²) in [5.41, 5.74) is 2.90. The van der Waals surface area contributed by atoms with Gasteiger partial charge in [0.25, 0.3) is 0 Å². The second-order valence-corrected chi connectivity index (χ2v) is 3.00. The van der Waals surface area contributed by atoms with Gasteiger partial charge in [0.1, 0.15) is 0 Å². The van der Waals surface area contributed by atoms with E-state index in [4.69, 9.17) is 0 Å². The number of benzene rings is 1. The summed E-state index contributed by atoms with van der Waals surface area (Å²) in [6.07, 6.45) is 5.74. The maximum atomic E-state index is 2.30. The molecule has 58 valence electrons. The van der Waals surface area contributed by atoms with Gasteiger partial charge in [-0.15, -0.1) is 0 Å². The average molecular weight is 152 g/mol. The summed E-state index contributed by atoms with van der Waals surface area (Å²) in [5, 5.41) is 0. The van der Waals surface area contributed by atoms with E-state index in [1.807, 2.05) is 0 Å². The van der Waals surface area contributed by atoms with E-state index in [0.29, 0.717) is 5.92 Å². The molecule has 0 bridgehead atoms. The van der Waals surface area contributed by atoms with Gasteiger partial charge in [-0.1, -0.05) is 43.3 Å². The van der Waals surface area contributed by atoms with Crippen molar-refractivity contribution in [1.29, 1.82) is 0 Å². The normalized spacial score (nSPS) is 18.6. The van der Waals surface area contributed by atoms with Crippen LogP contribution in [0.4, 0.5) is 0 Å². The van der Waals surface area contributed by atoms with Gasteiger partial charge in [-0.25, -0.2) is 0 Å². The van der Waals surface area contributed by atoms with E-state index in [-0.39, 0.29) is 20.3 Å². The Morgan fingerprint density at radius 3 is 2.83 bits per heavy atom. The van der Waals surface area contributed by atoms with E-state index >= 15 is 0 Å². The van der Waals surface area contributed by atoms with E-state index in [1.165, 1.54) is 17.5 Å². The summed E-state index contributed by atoms with van der Waals surface area (Å²) in [6, 6.07) is 8.63. The molecule has 1 unspecified atom stereocenters. The van der Waals surface area contributed by atoms with E-state index in [2.05, 4.69) is 43.3 Å². The molecule has 0 N–H and O–H groups in total. The van der Waals surface area contributed by atoms with Gasteiger partial charge >= 0.3 is 18.9 Å². The SMILES string of the molecule is CCC1C=Cc2ccccc21.[H-].[Li+]. The molecule has 1 heteroatoms. The van der Waals surface area contributed by atoms with Crippen molar-refractivity contribution in [3.8, 4) is 0 Å². The monoisotopic (exact) mass is 152 g/mol. The van der Waals surface area contributed by atoms with Crippen molar-refractivity contribution in [2.45, 2.75) is 19.3 Å². The predicted octanol–water partition coefficient (Wildman–Crippen LogP) is 0.323. The Kier molecular flexibility index (Phi) is 3.20. The van der Waals surface area contributed by atoms with Gasteiger partial charge in [-0.05, 0) is 17.5 Å². The smallest absolute Gasteiger partial charge is 1.00 e. The second kappa shape index (κ2) is 3.98. The Bertz CT molecular complexity index is 294. The molecular formula is C11H13Li. The molecule has 0 saturated heterocycles. The molecule has 0 amide bonds. The molecule has 0 nitrogen and oxygen atoms in total. The maximum Gasteiger partial charge on any atom is 1.00 e. The zero-order chi connectivity index (χ0) is 7.68. The maximum absolute atomic E-state index is 2.30. The molecule has 0 aromatic heterocycles. The van der Waals surface area contributed by atoms with Crippen LogP contribution in [0.5, 0.6) is 0 Å². The standard InChI is InChI=1S/C11H12.Li.H/c1-2-9-7-8-10-5-3-4-6-11(9)10;;/h3-9H,2H2,1H3;;/q;+1;-1. The van der Waals surface area contributed by atoms with E-state index < -0.39 is 0 Å². The number of allylic oxidation sites excluding steroid dienone is 1. The minimum Gasteiger partial charge on any atom is -1.00 e. The molecule has 1 aromatic rings. The number of fused-ring (bicyclic) bond motifs is 1. The van der Waals surface area contributed by atoms with Crippen LogP contribution in [0.2, 0.25) is 0 Å². The molecule has 0 heterocycles. The molecule has 0 radical (unpaired) electrons. The van der Waals surface area contributed by atoms with Gasteiger partial charge in [-0.3, -0.25) is 0 Å². The van der Waals surface area contributed by atoms with Gasteiger partial charge in [0, 0.05) is 5.92 Å². The average Bonchev–Trinajstić information content (AvgIpc) is 2.47. The van der Waals surface area contributed by atoms with Crippen LogP contribution in [0.1, 0.15) is 31.8 Å². The van der Waals surface area contributed by atoms with E-state index in [1.54, 1.807) is 0 Å². The summed E-state index contributed by atoms with van der Waals surface area (Å²) < 4.78 is 0. The summed E-state index contributed by atoms with van der Waals surface area (Å²) in [7, 11) is 0. The van der Waals surface area contributed by atoms with Crippen LogP contribution < -0.4 is 18.9 Å². The van der Waals surface area contributed by atoms with Crippen LogP contribution in [0.15, 0.2) is 30.3 Å². The first-order valence-corrected chi connectivity index (χ1v) is 4.19. The fraction of sp³-hybridized carbons (Fsp3) is 0.273. The molecule has 1 aliphatic carbocycles. The largest absolute Gasteiger partial charge is 1.00 e. The van der Waals surface area contributed by atoms with Crippen molar-refractivity contribution >= 4 is 6.08 Å². The Hall–Kier alpha value is -0.443. The van der Waals surface area contributed by atoms with Crippen LogP contribution >= 0.6 is 0 Å². The Balaban J connectivity index is 0.000000720. The fourth-order valence-corrected chi connectivity index (χ4v) is 1.68. The summed E-state index contributed by atoms with van der Waals surface area (Å²) in [6.45, 7) is 2.23. The van der Waals surface area contributed by atoms with Crippen molar-refractivity contribution in [3.63, 3.8) is 0 Å². The van der Waals surface area contributed by atoms with E-state index in [9.17, 15) is 0 Å². The zero-order valence-corrected chi connectivity index (χ0v) is 7.75. The van der Waals surface area contributed by atoms with Crippen molar-refractivity contribution in [2.75, 3.05) is 0 Å². The molecule has 2 rings (SSSR count). The second-order valence-electron chi connectivity index (χ2n) is 3.00. The predicted molar refractivity (Wildman–Crippen MR) is 49.6 cm³/mol. The molecular weight excluding hydrogens is 139 g/mol. The first-order chi connectivity index (χ1) is 5.42. The molecule has 1 atom stereocenters. The zero-order valence-electron chi connectivity index (χ0n) is 8.75. The Morgan fingerprint density at radius 1 is 1.33 bits per heavy atom. The van der Waals surface area contributed by atoms with Crippen molar-refractivity contribution in [3.05, 3.63) is 41.5 Å². The van der Waals surface area contributed by atoms with Gasteiger partial charge in [0.15, 0.2) is 0 Å². The molecule has 0 aliphatic heterocycles. The van der Waals surface area contributed by atoms with Gasteiger partial charge in [0.05, 0.1) is 0 Å². The molecule has 1 aromatic carbocycles. The summed E-state index contributed by atoms with van der Waals surface area (Å²) in [4.78, 5) is 0. The number of hydrogen-bond acceptors (Lipinski definition) is 0. The van der Waals surface area contributed by atoms with Gasteiger partial charge in [-0.2, -0.15) is 0 Å². The summed E-state index contributed by atoms with van der Waals surface area (Å²) >= 11 is 0. The molecule has 0 saturated carbocycles. The third kappa shape index (κ3) is 1.51. The van der Waals surface area contributed by atoms with Crippen LogP contribution in [0, 0.1) is 0 Å².